The second-order valence-corrected chi connectivity index (χ2v) is 4.37. The Labute approximate surface area is 105 Å². The van der Waals surface area contributed by atoms with Crippen molar-refractivity contribution in [3.8, 4) is 0 Å². The summed E-state index contributed by atoms with van der Waals surface area (Å²) in [4.78, 5) is 22.0. The number of hydrogen-bond acceptors (Lipinski definition) is 2. The van der Waals surface area contributed by atoms with Gasteiger partial charge >= 0.3 is 5.97 Å². The highest BCUT2D eigenvalue weighted by Crippen LogP contribution is 2.19. The third-order valence-electron chi connectivity index (χ3n) is 2.69. The molecule has 0 aliphatic heterocycles. The Morgan fingerprint density at radius 1 is 1.28 bits per heavy atom. The average Bonchev–Trinajstić information content (AvgIpc) is 3.13. The minimum Gasteiger partial charge on any atom is -0.481 e. The molecule has 94 valence electrons. The highest BCUT2D eigenvalue weighted by molar-refractivity contribution is 5.94. The molecule has 2 rings (SSSR count). The Morgan fingerprint density at radius 3 is 2.50 bits per heavy atom. The first kappa shape index (κ1) is 12.4. The van der Waals surface area contributed by atoms with E-state index in [9.17, 15) is 9.59 Å². The van der Waals surface area contributed by atoms with Gasteiger partial charge in [-0.05, 0) is 30.5 Å². The van der Waals surface area contributed by atoms with Crippen LogP contribution in [0.4, 0.5) is 0 Å². The van der Waals surface area contributed by atoms with Crippen LogP contribution >= 0.6 is 0 Å². The van der Waals surface area contributed by atoms with Gasteiger partial charge < -0.3 is 10.4 Å². The molecule has 0 spiro atoms. The van der Waals surface area contributed by atoms with Gasteiger partial charge in [0.05, 0.1) is 6.42 Å². The Hall–Kier alpha value is -2.10. The summed E-state index contributed by atoms with van der Waals surface area (Å²) in [6.07, 6.45) is 5.46. The van der Waals surface area contributed by atoms with Gasteiger partial charge in [0.2, 0.25) is 0 Å². The molecular weight excluding hydrogens is 230 g/mol. The molecular formula is C14H15NO3. The van der Waals surface area contributed by atoms with E-state index in [-0.39, 0.29) is 12.3 Å². The first-order valence-corrected chi connectivity index (χ1v) is 5.94. The van der Waals surface area contributed by atoms with Gasteiger partial charge in [0, 0.05) is 11.6 Å². The van der Waals surface area contributed by atoms with Crippen LogP contribution in [0.1, 0.15) is 35.2 Å². The van der Waals surface area contributed by atoms with Crippen LogP contribution in [0.5, 0.6) is 0 Å². The second kappa shape index (κ2) is 5.49. The predicted molar refractivity (Wildman–Crippen MR) is 68.2 cm³/mol. The number of carboxylic acid groups (broad SMARTS) is 1. The van der Waals surface area contributed by atoms with Crippen molar-refractivity contribution < 1.29 is 14.7 Å². The maximum atomic E-state index is 11.7. The monoisotopic (exact) mass is 245 g/mol. The van der Waals surface area contributed by atoms with Crippen LogP contribution in [0.2, 0.25) is 0 Å². The van der Waals surface area contributed by atoms with E-state index in [1.54, 1.807) is 36.4 Å². The molecule has 1 saturated carbocycles. The number of nitrogens with one attached hydrogen (secondary N) is 1. The molecule has 0 radical (unpaired) electrons. The number of benzene rings is 1. The zero-order valence-electron chi connectivity index (χ0n) is 9.93. The summed E-state index contributed by atoms with van der Waals surface area (Å²) in [6, 6.07) is 7.46. The highest BCUT2D eigenvalue weighted by Gasteiger charge is 2.23. The SMILES string of the molecule is O=C(O)CC=Cc1ccc(C(=O)NC2CC2)cc1. The lowest BCUT2D eigenvalue weighted by molar-refractivity contribution is -0.135. The zero-order valence-corrected chi connectivity index (χ0v) is 9.93. The van der Waals surface area contributed by atoms with Crippen LogP contribution in [0.3, 0.4) is 0 Å². The van der Waals surface area contributed by atoms with Crippen molar-refractivity contribution in [1.29, 1.82) is 0 Å². The predicted octanol–water partition coefficient (Wildman–Crippen LogP) is 2.07. The van der Waals surface area contributed by atoms with E-state index in [4.69, 9.17) is 5.11 Å². The normalized spacial score (nSPS) is 14.7. The number of rotatable bonds is 5. The van der Waals surface area contributed by atoms with Crippen molar-refractivity contribution in [2.75, 3.05) is 0 Å². The number of amides is 1. The number of carbonyl (C=O) groups excluding carboxylic acids is 1. The van der Waals surface area contributed by atoms with Gasteiger partial charge in [-0.2, -0.15) is 0 Å². The first-order valence-electron chi connectivity index (χ1n) is 5.94. The summed E-state index contributed by atoms with van der Waals surface area (Å²) >= 11 is 0. The molecule has 1 aromatic rings. The van der Waals surface area contributed by atoms with Crippen molar-refractivity contribution in [2.24, 2.45) is 0 Å². The molecule has 1 amide bonds. The fourth-order valence-electron chi connectivity index (χ4n) is 1.54. The van der Waals surface area contributed by atoms with Gasteiger partial charge in [-0.1, -0.05) is 24.3 Å². The van der Waals surface area contributed by atoms with E-state index >= 15 is 0 Å². The van der Waals surface area contributed by atoms with Gasteiger partial charge in [0.15, 0.2) is 0 Å². The van der Waals surface area contributed by atoms with Crippen molar-refractivity contribution >= 4 is 18.0 Å². The van der Waals surface area contributed by atoms with E-state index in [1.807, 2.05) is 0 Å². The lowest BCUT2D eigenvalue weighted by atomic mass is 10.1. The summed E-state index contributed by atoms with van der Waals surface area (Å²) in [5.41, 5.74) is 1.52. The minimum atomic E-state index is -0.855. The molecule has 4 heteroatoms. The van der Waals surface area contributed by atoms with E-state index in [0.29, 0.717) is 11.6 Å². The molecule has 1 fully saturated rings. The minimum absolute atomic E-state index is 0.00389. The number of carbonyl (C=O) groups is 2. The van der Waals surface area contributed by atoms with Crippen molar-refractivity contribution in [3.63, 3.8) is 0 Å². The lowest BCUT2D eigenvalue weighted by Crippen LogP contribution is -2.25. The maximum Gasteiger partial charge on any atom is 0.307 e. The molecule has 1 aromatic carbocycles. The number of carboxylic acids is 1. The van der Waals surface area contributed by atoms with Crippen LogP contribution in [0.15, 0.2) is 30.3 Å². The average molecular weight is 245 g/mol. The molecule has 0 unspecified atom stereocenters. The molecule has 0 bridgehead atoms. The van der Waals surface area contributed by atoms with Crippen LogP contribution in [0.25, 0.3) is 6.08 Å². The third kappa shape index (κ3) is 3.73. The summed E-state index contributed by atoms with van der Waals surface area (Å²) in [7, 11) is 0. The van der Waals surface area contributed by atoms with E-state index in [0.717, 1.165) is 18.4 Å². The quantitative estimate of drug-likeness (QED) is 0.834. The fourth-order valence-corrected chi connectivity index (χ4v) is 1.54. The lowest BCUT2D eigenvalue weighted by Gasteiger charge is -2.03. The molecule has 0 heterocycles. The summed E-state index contributed by atoms with van der Waals surface area (Å²) < 4.78 is 0. The van der Waals surface area contributed by atoms with Gasteiger partial charge in [-0.25, -0.2) is 0 Å². The summed E-state index contributed by atoms with van der Waals surface area (Å²) in [5, 5.41) is 11.4. The molecule has 4 nitrogen and oxygen atoms in total. The molecule has 1 aliphatic rings. The van der Waals surface area contributed by atoms with Gasteiger partial charge in [-0.15, -0.1) is 0 Å². The van der Waals surface area contributed by atoms with Crippen molar-refractivity contribution in [1.82, 2.24) is 5.32 Å². The van der Waals surface area contributed by atoms with Gasteiger partial charge in [0.25, 0.3) is 5.91 Å². The van der Waals surface area contributed by atoms with Crippen LogP contribution in [-0.2, 0) is 4.79 Å². The zero-order chi connectivity index (χ0) is 13.0. The summed E-state index contributed by atoms with van der Waals surface area (Å²) in [5.74, 6) is -0.898. The standard InChI is InChI=1S/C14H15NO3/c16-13(17)3-1-2-10-4-6-11(7-5-10)14(18)15-12-8-9-12/h1-2,4-7,12H,3,8-9H2,(H,15,18)(H,16,17). The van der Waals surface area contributed by atoms with Gasteiger partial charge in [0.1, 0.15) is 0 Å². The van der Waals surface area contributed by atoms with Gasteiger partial charge in [-0.3, -0.25) is 9.59 Å². The summed E-state index contributed by atoms with van der Waals surface area (Å²) in [6.45, 7) is 0. The third-order valence-corrected chi connectivity index (χ3v) is 2.69. The van der Waals surface area contributed by atoms with Crippen LogP contribution in [-0.4, -0.2) is 23.0 Å². The maximum absolute atomic E-state index is 11.7. The molecule has 0 saturated heterocycles. The second-order valence-electron chi connectivity index (χ2n) is 4.37. The highest BCUT2D eigenvalue weighted by atomic mass is 16.4. The van der Waals surface area contributed by atoms with Crippen LogP contribution in [0, 0.1) is 0 Å². The van der Waals surface area contributed by atoms with Crippen molar-refractivity contribution in [3.05, 3.63) is 41.5 Å². The molecule has 18 heavy (non-hydrogen) atoms. The Balaban J connectivity index is 1.93. The number of hydrogen-bond donors (Lipinski definition) is 2. The Kier molecular flexibility index (Phi) is 3.77. The Morgan fingerprint density at radius 2 is 1.94 bits per heavy atom. The molecule has 2 N–H and O–H groups in total. The molecule has 1 aliphatic carbocycles. The number of aliphatic carboxylic acids is 1. The van der Waals surface area contributed by atoms with E-state index in [1.165, 1.54) is 0 Å². The van der Waals surface area contributed by atoms with E-state index < -0.39 is 5.97 Å². The first-order chi connectivity index (χ1) is 8.65. The molecule has 0 atom stereocenters. The largest absolute Gasteiger partial charge is 0.481 e. The van der Waals surface area contributed by atoms with E-state index in [2.05, 4.69) is 5.32 Å². The Bertz CT molecular complexity index is 472. The van der Waals surface area contributed by atoms with Crippen LogP contribution < -0.4 is 5.32 Å². The van der Waals surface area contributed by atoms with Crippen molar-refractivity contribution in [2.45, 2.75) is 25.3 Å². The smallest absolute Gasteiger partial charge is 0.307 e. The molecule has 0 aromatic heterocycles. The topological polar surface area (TPSA) is 66.4 Å². The fraction of sp³-hybridized carbons (Fsp3) is 0.286.